The van der Waals surface area contributed by atoms with E-state index in [4.69, 9.17) is 14.2 Å². The van der Waals surface area contributed by atoms with Gasteiger partial charge >= 0.3 is 17.9 Å². The molecular formula is C26H34O8. The number of hydrogen-bond acceptors (Lipinski definition) is 8. The number of methoxy groups -OCH3 is 1. The lowest BCUT2D eigenvalue weighted by Crippen LogP contribution is -2.49. The lowest BCUT2D eigenvalue weighted by molar-refractivity contribution is -0.172. The molecule has 0 aromatic carbocycles. The molecule has 34 heavy (non-hydrogen) atoms. The zero-order valence-electron chi connectivity index (χ0n) is 20.9. The van der Waals surface area contributed by atoms with E-state index in [-0.39, 0.29) is 6.42 Å². The highest BCUT2D eigenvalue weighted by Gasteiger charge is 2.61. The monoisotopic (exact) mass is 474 g/mol. The van der Waals surface area contributed by atoms with E-state index in [0.717, 1.165) is 0 Å². The molecule has 8 heteroatoms. The lowest BCUT2D eigenvalue weighted by atomic mass is 9.61. The van der Waals surface area contributed by atoms with Crippen LogP contribution in [0.5, 0.6) is 0 Å². The summed E-state index contributed by atoms with van der Waals surface area (Å²) in [6.45, 7) is 13.9. The summed E-state index contributed by atoms with van der Waals surface area (Å²) in [5, 5.41) is 10.9. The van der Waals surface area contributed by atoms with Gasteiger partial charge in [-0.15, -0.1) is 6.58 Å². The van der Waals surface area contributed by atoms with Crippen LogP contribution in [0.25, 0.3) is 0 Å². The molecule has 1 aliphatic heterocycles. The van der Waals surface area contributed by atoms with Crippen molar-refractivity contribution in [2.45, 2.75) is 72.2 Å². The molecule has 0 spiro atoms. The molecule has 1 saturated heterocycles. The summed E-state index contributed by atoms with van der Waals surface area (Å²) >= 11 is 0. The van der Waals surface area contributed by atoms with E-state index in [1.807, 2.05) is 19.9 Å². The molecule has 4 unspecified atom stereocenters. The molecular weight excluding hydrogens is 440 g/mol. The number of aliphatic hydroxyl groups excluding tert-OH is 1. The summed E-state index contributed by atoms with van der Waals surface area (Å²) in [6.07, 6.45) is 1.04. The van der Waals surface area contributed by atoms with Crippen molar-refractivity contribution < 1.29 is 38.5 Å². The Bertz CT molecular complexity index is 1020. The largest absolute Gasteiger partial charge is 0.469 e. The van der Waals surface area contributed by atoms with Crippen LogP contribution in [0.3, 0.4) is 0 Å². The number of rotatable bonds is 3. The molecule has 0 aromatic heterocycles. The molecule has 0 bridgehead atoms. The summed E-state index contributed by atoms with van der Waals surface area (Å²) in [6, 6.07) is 0. The van der Waals surface area contributed by atoms with E-state index in [1.54, 1.807) is 20.8 Å². The minimum atomic E-state index is -1.49. The van der Waals surface area contributed by atoms with Crippen LogP contribution in [0.15, 0.2) is 35.5 Å². The predicted molar refractivity (Wildman–Crippen MR) is 122 cm³/mol. The number of carbonyl (C=O) groups is 4. The fourth-order valence-corrected chi connectivity index (χ4v) is 5.96. The minimum Gasteiger partial charge on any atom is -0.469 e. The fourth-order valence-electron chi connectivity index (χ4n) is 5.96. The van der Waals surface area contributed by atoms with Crippen molar-refractivity contribution in [3.05, 3.63) is 35.5 Å². The quantitative estimate of drug-likeness (QED) is 0.377. The average molecular weight is 475 g/mol. The Morgan fingerprint density at radius 1 is 1.24 bits per heavy atom. The van der Waals surface area contributed by atoms with Crippen molar-refractivity contribution >= 4 is 23.7 Å². The molecule has 0 radical (unpaired) electrons. The molecule has 186 valence electrons. The number of carbonyl (C=O) groups excluding carboxylic acids is 4. The van der Waals surface area contributed by atoms with Gasteiger partial charge in [0.2, 0.25) is 0 Å². The Labute approximate surface area is 200 Å². The summed E-state index contributed by atoms with van der Waals surface area (Å²) in [5.74, 6) is -4.12. The van der Waals surface area contributed by atoms with E-state index >= 15 is 0 Å². The molecule has 0 amide bonds. The van der Waals surface area contributed by atoms with Crippen LogP contribution in [-0.4, -0.2) is 53.7 Å². The highest BCUT2D eigenvalue weighted by molar-refractivity contribution is 5.96. The normalized spacial score (nSPS) is 37.2. The first-order valence-corrected chi connectivity index (χ1v) is 11.4. The van der Waals surface area contributed by atoms with Crippen molar-refractivity contribution in [1.82, 2.24) is 0 Å². The third-order valence-corrected chi connectivity index (χ3v) is 7.94. The lowest BCUT2D eigenvalue weighted by Gasteiger charge is -2.43. The van der Waals surface area contributed by atoms with E-state index in [9.17, 15) is 24.3 Å². The first-order chi connectivity index (χ1) is 15.6. The van der Waals surface area contributed by atoms with Crippen LogP contribution in [0.1, 0.15) is 54.4 Å². The molecule has 1 N–H and O–H groups in total. The Morgan fingerprint density at radius 3 is 2.38 bits per heavy atom. The second-order valence-corrected chi connectivity index (χ2v) is 10.5. The number of fused-ring (bicyclic) bond motifs is 2. The maximum absolute atomic E-state index is 13.7. The Hall–Kier alpha value is -2.74. The zero-order valence-corrected chi connectivity index (χ0v) is 20.9. The van der Waals surface area contributed by atoms with E-state index in [1.165, 1.54) is 20.1 Å². The molecule has 2 aliphatic carbocycles. The van der Waals surface area contributed by atoms with Gasteiger partial charge in [-0.25, -0.2) is 4.79 Å². The average Bonchev–Trinajstić information content (AvgIpc) is 2.90. The van der Waals surface area contributed by atoms with Gasteiger partial charge in [-0.2, -0.15) is 0 Å². The molecule has 1 heterocycles. The number of cyclic esters (lactones) is 1. The number of Topliss-reactive ketones (excluding diaryl/α,β-unsaturated/α-hetero) is 1. The summed E-state index contributed by atoms with van der Waals surface area (Å²) in [7, 11) is 1.23. The first-order valence-electron chi connectivity index (χ1n) is 11.4. The van der Waals surface area contributed by atoms with Gasteiger partial charge in [-0.1, -0.05) is 24.6 Å². The number of ether oxygens (including phenoxy) is 3. The number of allylic oxidation sites excluding steroid dienone is 3. The third kappa shape index (κ3) is 3.82. The molecule has 2 fully saturated rings. The van der Waals surface area contributed by atoms with Crippen molar-refractivity contribution in [2.24, 2.45) is 22.7 Å². The van der Waals surface area contributed by atoms with Crippen molar-refractivity contribution in [3.63, 3.8) is 0 Å². The molecule has 0 aromatic rings. The van der Waals surface area contributed by atoms with E-state index in [0.29, 0.717) is 23.1 Å². The highest BCUT2D eigenvalue weighted by Crippen LogP contribution is 2.57. The Balaban J connectivity index is 2.37. The SMILES string of the molecule is C=CC1(C)CC2C(C)=C3C(=CCC2(C)[C@H](C(=O)OC)C(OC(C)=O)C1=O)C(C)(C)OC(=O)[C@@H]3O. The van der Waals surface area contributed by atoms with Crippen molar-refractivity contribution in [1.29, 1.82) is 0 Å². The van der Waals surface area contributed by atoms with Crippen LogP contribution in [-0.2, 0) is 33.4 Å². The van der Waals surface area contributed by atoms with Crippen LogP contribution in [0.4, 0.5) is 0 Å². The van der Waals surface area contributed by atoms with Crippen LogP contribution < -0.4 is 0 Å². The summed E-state index contributed by atoms with van der Waals surface area (Å²) in [5.41, 5.74) is -1.31. The Morgan fingerprint density at radius 2 is 1.85 bits per heavy atom. The van der Waals surface area contributed by atoms with Gasteiger partial charge in [-0.05, 0) is 63.0 Å². The summed E-state index contributed by atoms with van der Waals surface area (Å²) in [4.78, 5) is 51.5. The van der Waals surface area contributed by atoms with Gasteiger partial charge in [-0.3, -0.25) is 14.4 Å². The maximum Gasteiger partial charge on any atom is 0.340 e. The molecule has 3 aliphatic rings. The second-order valence-electron chi connectivity index (χ2n) is 10.5. The molecule has 3 rings (SSSR count). The molecule has 8 nitrogen and oxygen atoms in total. The smallest absolute Gasteiger partial charge is 0.340 e. The van der Waals surface area contributed by atoms with Gasteiger partial charge < -0.3 is 19.3 Å². The number of hydrogen-bond donors (Lipinski definition) is 1. The molecule has 1 saturated carbocycles. The standard InChI is InChI=1S/C26H34O8/c1-9-25(6)12-16-13(2)17-15(24(4,5)34-23(31)19(17)28)10-11-26(16,7)18(22(30)32-8)20(21(25)29)33-14(3)27/h9-10,16,18-20,28H,1,11-12H2,2-8H3/t16?,18-,19+,20?,25?,26?/m0/s1. The van der Waals surface area contributed by atoms with Crippen LogP contribution in [0.2, 0.25) is 0 Å². The van der Waals surface area contributed by atoms with Crippen LogP contribution >= 0.6 is 0 Å². The fraction of sp³-hybridized carbons (Fsp3) is 0.615. The van der Waals surface area contributed by atoms with Gasteiger partial charge in [0.15, 0.2) is 18.0 Å². The topological polar surface area (TPSA) is 116 Å². The van der Waals surface area contributed by atoms with Crippen molar-refractivity contribution in [3.8, 4) is 0 Å². The van der Waals surface area contributed by atoms with Gasteiger partial charge in [0.1, 0.15) is 11.5 Å². The summed E-state index contributed by atoms with van der Waals surface area (Å²) < 4.78 is 16.1. The van der Waals surface area contributed by atoms with Gasteiger partial charge in [0.05, 0.1) is 7.11 Å². The minimum absolute atomic E-state index is 0.246. The highest BCUT2D eigenvalue weighted by atomic mass is 16.6. The van der Waals surface area contributed by atoms with Crippen molar-refractivity contribution in [2.75, 3.05) is 7.11 Å². The number of ketones is 1. The number of esters is 3. The second kappa shape index (κ2) is 8.48. The van der Waals surface area contributed by atoms with Gasteiger partial charge in [0.25, 0.3) is 0 Å². The number of aliphatic hydroxyl groups is 1. The predicted octanol–water partition coefficient (Wildman–Crippen LogP) is 2.84. The van der Waals surface area contributed by atoms with Crippen LogP contribution in [0, 0.1) is 22.7 Å². The van der Waals surface area contributed by atoms with Gasteiger partial charge in [0, 0.05) is 12.3 Å². The Kier molecular flexibility index (Phi) is 6.46. The maximum atomic E-state index is 13.7. The zero-order chi connectivity index (χ0) is 25.8. The van der Waals surface area contributed by atoms with E-state index < -0.39 is 64.2 Å². The van der Waals surface area contributed by atoms with E-state index in [2.05, 4.69) is 6.58 Å². The molecule has 6 atom stereocenters. The third-order valence-electron chi connectivity index (χ3n) is 7.94. The first kappa shape index (κ1) is 25.9.